The first-order valence-electron chi connectivity index (χ1n) is 10.3. The number of carbonyl (C=O) groups is 1. The monoisotopic (exact) mass is 438 g/mol. The van der Waals surface area contributed by atoms with E-state index in [2.05, 4.69) is 30.6 Å². The first-order chi connectivity index (χ1) is 15.6. The van der Waals surface area contributed by atoms with Gasteiger partial charge in [-0.15, -0.1) is 0 Å². The van der Waals surface area contributed by atoms with Crippen molar-refractivity contribution >= 4 is 5.91 Å². The fraction of sp³-hybridized carbons (Fsp3) is 0.318. The summed E-state index contributed by atoms with van der Waals surface area (Å²) in [5.74, 6) is 1.24. The van der Waals surface area contributed by atoms with E-state index in [0.717, 1.165) is 0 Å². The van der Waals surface area contributed by atoms with Crippen molar-refractivity contribution in [3.05, 3.63) is 54.7 Å². The number of ether oxygens (including phenoxy) is 2. The Bertz CT molecular complexity index is 1070. The molecule has 2 N–H and O–H groups in total. The summed E-state index contributed by atoms with van der Waals surface area (Å²) in [6.07, 6.45) is 6.84. The van der Waals surface area contributed by atoms with Crippen molar-refractivity contribution in [1.82, 2.24) is 30.6 Å². The van der Waals surface area contributed by atoms with Gasteiger partial charge in [0.2, 0.25) is 0 Å². The van der Waals surface area contributed by atoms with Crippen molar-refractivity contribution in [3.63, 3.8) is 0 Å². The molecule has 32 heavy (non-hydrogen) atoms. The Morgan fingerprint density at radius 3 is 2.88 bits per heavy atom. The van der Waals surface area contributed by atoms with E-state index in [1.165, 1.54) is 12.4 Å². The highest BCUT2D eigenvalue weighted by molar-refractivity contribution is 5.94. The SMILES string of the molecule is CCOc1cccnc1Oc1cncc(-c2ncc(C(=O)N[C@@H]3CNCC[C@H]3F)cn2)c1. The zero-order valence-corrected chi connectivity index (χ0v) is 17.5. The van der Waals surface area contributed by atoms with Crippen LogP contribution in [-0.2, 0) is 0 Å². The molecule has 0 radical (unpaired) electrons. The molecule has 1 aliphatic rings. The summed E-state index contributed by atoms with van der Waals surface area (Å²) >= 11 is 0. The molecule has 0 aromatic carbocycles. The summed E-state index contributed by atoms with van der Waals surface area (Å²) in [6, 6.07) is 4.68. The van der Waals surface area contributed by atoms with Gasteiger partial charge in [0.1, 0.15) is 11.9 Å². The minimum absolute atomic E-state index is 0.252. The number of aromatic nitrogens is 4. The van der Waals surface area contributed by atoms with E-state index >= 15 is 0 Å². The molecule has 3 aromatic rings. The summed E-state index contributed by atoms with van der Waals surface area (Å²) in [5.41, 5.74) is 0.852. The van der Waals surface area contributed by atoms with E-state index in [0.29, 0.717) is 54.9 Å². The van der Waals surface area contributed by atoms with Crippen LogP contribution in [0.2, 0.25) is 0 Å². The first-order valence-corrected chi connectivity index (χ1v) is 10.3. The predicted octanol–water partition coefficient (Wildman–Crippen LogP) is 2.55. The highest BCUT2D eigenvalue weighted by Crippen LogP contribution is 2.30. The second-order valence-corrected chi connectivity index (χ2v) is 7.14. The minimum Gasteiger partial charge on any atom is -0.488 e. The molecule has 1 aliphatic heterocycles. The summed E-state index contributed by atoms with van der Waals surface area (Å²) in [7, 11) is 0. The molecular formula is C22H23FN6O3. The Hall–Kier alpha value is -3.66. The summed E-state index contributed by atoms with van der Waals surface area (Å²) in [4.78, 5) is 29.3. The van der Waals surface area contributed by atoms with Gasteiger partial charge < -0.3 is 20.1 Å². The number of halogens is 1. The van der Waals surface area contributed by atoms with Crippen LogP contribution in [0.25, 0.3) is 11.4 Å². The molecular weight excluding hydrogens is 415 g/mol. The molecule has 0 spiro atoms. The van der Waals surface area contributed by atoms with E-state index in [1.807, 2.05) is 6.92 Å². The molecule has 1 amide bonds. The molecule has 0 saturated carbocycles. The van der Waals surface area contributed by atoms with Gasteiger partial charge in [-0.25, -0.2) is 19.3 Å². The number of amides is 1. The smallest absolute Gasteiger partial charge is 0.262 e. The molecule has 4 heterocycles. The molecule has 2 atom stereocenters. The van der Waals surface area contributed by atoms with Gasteiger partial charge in [-0.05, 0) is 38.1 Å². The van der Waals surface area contributed by atoms with Gasteiger partial charge in [0.25, 0.3) is 11.8 Å². The maximum Gasteiger partial charge on any atom is 0.262 e. The highest BCUT2D eigenvalue weighted by Gasteiger charge is 2.26. The van der Waals surface area contributed by atoms with Crippen LogP contribution >= 0.6 is 0 Å². The average Bonchev–Trinajstić information content (AvgIpc) is 2.82. The molecule has 0 unspecified atom stereocenters. The van der Waals surface area contributed by atoms with Gasteiger partial charge in [-0.1, -0.05) is 0 Å². The number of alkyl halides is 1. The van der Waals surface area contributed by atoms with Crippen molar-refractivity contribution in [2.75, 3.05) is 19.7 Å². The average molecular weight is 438 g/mol. The van der Waals surface area contributed by atoms with Crippen LogP contribution in [-0.4, -0.2) is 57.8 Å². The second kappa shape index (κ2) is 10.1. The Morgan fingerprint density at radius 2 is 2.09 bits per heavy atom. The van der Waals surface area contributed by atoms with Crippen LogP contribution in [0.4, 0.5) is 4.39 Å². The van der Waals surface area contributed by atoms with E-state index < -0.39 is 18.1 Å². The predicted molar refractivity (Wildman–Crippen MR) is 114 cm³/mol. The molecule has 1 fully saturated rings. The standard InChI is InChI=1S/C22H23FN6O3/c1-2-31-19-4-3-6-26-22(19)32-16-8-14(9-25-12-16)20-27-10-15(11-28-20)21(30)29-18-13-24-7-5-17(18)23/h3-4,6,8-12,17-18,24H,2,5,7,13H2,1H3,(H,29,30)/t17-,18-/m1/s1. The Morgan fingerprint density at radius 1 is 1.25 bits per heavy atom. The number of rotatable bonds is 7. The van der Waals surface area contributed by atoms with Gasteiger partial charge >= 0.3 is 0 Å². The normalized spacial score (nSPS) is 18.1. The van der Waals surface area contributed by atoms with Gasteiger partial charge in [0.05, 0.1) is 24.4 Å². The van der Waals surface area contributed by atoms with E-state index in [4.69, 9.17) is 9.47 Å². The lowest BCUT2D eigenvalue weighted by Crippen LogP contribution is -2.52. The van der Waals surface area contributed by atoms with E-state index in [-0.39, 0.29) is 5.56 Å². The molecule has 0 bridgehead atoms. The van der Waals surface area contributed by atoms with Gasteiger partial charge in [0, 0.05) is 36.9 Å². The van der Waals surface area contributed by atoms with Gasteiger partial charge in [0.15, 0.2) is 11.6 Å². The van der Waals surface area contributed by atoms with Crippen molar-refractivity contribution in [2.45, 2.75) is 25.6 Å². The third-order valence-electron chi connectivity index (χ3n) is 4.85. The number of hydrogen-bond donors (Lipinski definition) is 2. The minimum atomic E-state index is -1.07. The number of pyridine rings is 2. The topological polar surface area (TPSA) is 111 Å². The van der Waals surface area contributed by atoms with Crippen LogP contribution in [0, 0.1) is 0 Å². The molecule has 166 valence electrons. The zero-order chi connectivity index (χ0) is 22.3. The lowest BCUT2D eigenvalue weighted by Gasteiger charge is -2.27. The number of carbonyl (C=O) groups excluding carboxylic acids is 1. The van der Waals surface area contributed by atoms with Crippen LogP contribution < -0.4 is 20.1 Å². The number of nitrogens with one attached hydrogen (secondary N) is 2. The molecule has 0 aliphatic carbocycles. The van der Waals surface area contributed by atoms with Crippen molar-refractivity contribution in [2.24, 2.45) is 0 Å². The van der Waals surface area contributed by atoms with Gasteiger partial charge in [-0.2, -0.15) is 0 Å². The quantitative estimate of drug-likeness (QED) is 0.579. The number of piperidine rings is 1. The summed E-state index contributed by atoms with van der Waals surface area (Å²) in [6.45, 7) is 3.36. The zero-order valence-electron chi connectivity index (χ0n) is 17.5. The molecule has 9 nitrogen and oxygen atoms in total. The maximum absolute atomic E-state index is 14.0. The number of nitrogens with zero attached hydrogens (tertiary/aromatic N) is 4. The fourth-order valence-electron chi connectivity index (χ4n) is 3.24. The maximum atomic E-state index is 14.0. The third kappa shape index (κ3) is 5.14. The molecule has 10 heteroatoms. The fourth-order valence-corrected chi connectivity index (χ4v) is 3.24. The second-order valence-electron chi connectivity index (χ2n) is 7.14. The third-order valence-corrected chi connectivity index (χ3v) is 4.85. The Labute approximate surface area is 184 Å². The Kier molecular flexibility index (Phi) is 6.81. The van der Waals surface area contributed by atoms with Crippen molar-refractivity contribution in [3.8, 4) is 28.8 Å². The molecule has 4 rings (SSSR count). The number of hydrogen-bond acceptors (Lipinski definition) is 8. The van der Waals surface area contributed by atoms with Crippen LogP contribution in [0.15, 0.2) is 49.2 Å². The van der Waals surface area contributed by atoms with Crippen LogP contribution in [0.3, 0.4) is 0 Å². The lowest BCUT2D eigenvalue weighted by atomic mass is 10.1. The Balaban J connectivity index is 1.46. The van der Waals surface area contributed by atoms with Crippen LogP contribution in [0.1, 0.15) is 23.7 Å². The summed E-state index contributed by atoms with van der Waals surface area (Å²) < 4.78 is 25.3. The first kappa shape index (κ1) is 21.6. The molecule has 1 saturated heterocycles. The largest absolute Gasteiger partial charge is 0.488 e. The lowest BCUT2D eigenvalue weighted by molar-refractivity contribution is 0.0892. The van der Waals surface area contributed by atoms with Crippen molar-refractivity contribution < 1.29 is 18.7 Å². The molecule has 3 aromatic heterocycles. The van der Waals surface area contributed by atoms with Crippen molar-refractivity contribution in [1.29, 1.82) is 0 Å². The highest BCUT2D eigenvalue weighted by atomic mass is 19.1. The van der Waals surface area contributed by atoms with E-state index in [9.17, 15) is 9.18 Å². The van der Waals surface area contributed by atoms with Crippen LogP contribution in [0.5, 0.6) is 17.4 Å². The summed E-state index contributed by atoms with van der Waals surface area (Å²) in [5, 5.41) is 5.76. The van der Waals surface area contributed by atoms with E-state index in [1.54, 1.807) is 36.8 Å². The van der Waals surface area contributed by atoms with Gasteiger partial charge in [-0.3, -0.25) is 9.78 Å².